The average molecular weight is 284 g/mol. The zero-order valence-electron chi connectivity index (χ0n) is 11.3. The Hall–Kier alpha value is -1.14. The standard InChI is InChI=1S/C13H20N2O3S/c1-3-10-9(5-6-18-10)7-14-12-11(15-8-19-12)13(16)17-4-2/h8-10,14H,3-7H2,1-2H3. The molecule has 106 valence electrons. The summed E-state index contributed by atoms with van der Waals surface area (Å²) in [6, 6.07) is 0. The van der Waals surface area contributed by atoms with Crippen LogP contribution in [0, 0.1) is 5.92 Å². The number of nitrogens with zero attached hydrogens (tertiary/aromatic N) is 1. The molecule has 1 aromatic heterocycles. The van der Waals surface area contributed by atoms with E-state index in [0.29, 0.717) is 24.3 Å². The van der Waals surface area contributed by atoms with Crippen molar-refractivity contribution in [2.45, 2.75) is 32.8 Å². The first-order valence-corrected chi connectivity index (χ1v) is 7.60. The van der Waals surface area contributed by atoms with Crippen molar-refractivity contribution in [2.24, 2.45) is 5.92 Å². The Morgan fingerprint density at radius 3 is 3.21 bits per heavy atom. The predicted octanol–water partition coefficient (Wildman–Crippen LogP) is 2.55. The Morgan fingerprint density at radius 2 is 2.47 bits per heavy atom. The van der Waals surface area contributed by atoms with E-state index in [1.54, 1.807) is 12.4 Å². The third-order valence-corrected chi connectivity index (χ3v) is 4.09. The lowest BCUT2D eigenvalue weighted by Gasteiger charge is -2.17. The number of esters is 1. The molecule has 0 aliphatic carbocycles. The molecule has 0 amide bonds. The van der Waals surface area contributed by atoms with Gasteiger partial charge in [0.25, 0.3) is 0 Å². The van der Waals surface area contributed by atoms with Gasteiger partial charge in [0, 0.05) is 19.1 Å². The summed E-state index contributed by atoms with van der Waals surface area (Å²) >= 11 is 1.43. The Kier molecular flexibility index (Phi) is 5.15. The number of carbonyl (C=O) groups is 1. The fourth-order valence-corrected chi connectivity index (χ4v) is 3.00. The van der Waals surface area contributed by atoms with Crippen LogP contribution in [0.25, 0.3) is 0 Å². The second-order valence-corrected chi connectivity index (χ2v) is 5.35. The molecule has 1 N–H and O–H groups in total. The summed E-state index contributed by atoms with van der Waals surface area (Å²) in [4.78, 5) is 15.8. The number of rotatable bonds is 6. The summed E-state index contributed by atoms with van der Waals surface area (Å²) in [5.41, 5.74) is 2.05. The molecule has 1 fully saturated rings. The minimum absolute atomic E-state index is 0.325. The molecular formula is C13H20N2O3S. The van der Waals surface area contributed by atoms with Gasteiger partial charge in [0.2, 0.25) is 0 Å². The van der Waals surface area contributed by atoms with E-state index >= 15 is 0 Å². The number of carbonyl (C=O) groups excluding carboxylic acids is 1. The second kappa shape index (κ2) is 6.86. The maximum absolute atomic E-state index is 11.7. The fourth-order valence-electron chi connectivity index (χ4n) is 2.32. The van der Waals surface area contributed by atoms with Crippen molar-refractivity contribution in [3.8, 4) is 0 Å². The van der Waals surface area contributed by atoms with E-state index in [1.807, 2.05) is 0 Å². The van der Waals surface area contributed by atoms with Crippen LogP contribution in [0.5, 0.6) is 0 Å². The minimum atomic E-state index is -0.360. The molecule has 6 heteroatoms. The zero-order chi connectivity index (χ0) is 13.7. The summed E-state index contributed by atoms with van der Waals surface area (Å²) in [6.45, 7) is 5.94. The Morgan fingerprint density at radius 1 is 1.63 bits per heavy atom. The number of aromatic nitrogens is 1. The van der Waals surface area contributed by atoms with Gasteiger partial charge in [-0.2, -0.15) is 0 Å². The number of nitrogens with one attached hydrogen (secondary N) is 1. The zero-order valence-corrected chi connectivity index (χ0v) is 12.2. The van der Waals surface area contributed by atoms with Crippen LogP contribution in [-0.4, -0.2) is 36.8 Å². The van der Waals surface area contributed by atoms with Crippen molar-refractivity contribution in [1.82, 2.24) is 4.98 Å². The topological polar surface area (TPSA) is 60.5 Å². The van der Waals surface area contributed by atoms with Crippen LogP contribution in [0.3, 0.4) is 0 Å². The molecule has 2 atom stereocenters. The van der Waals surface area contributed by atoms with Gasteiger partial charge >= 0.3 is 5.97 Å². The van der Waals surface area contributed by atoms with Crippen LogP contribution < -0.4 is 5.32 Å². The van der Waals surface area contributed by atoms with Crippen molar-refractivity contribution < 1.29 is 14.3 Å². The van der Waals surface area contributed by atoms with E-state index in [0.717, 1.165) is 31.0 Å². The van der Waals surface area contributed by atoms with Crippen molar-refractivity contribution in [1.29, 1.82) is 0 Å². The lowest BCUT2D eigenvalue weighted by molar-refractivity contribution is 0.0521. The maximum atomic E-state index is 11.7. The van der Waals surface area contributed by atoms with Crippen molar-refractivity contribution in [3.63, 3.8) is 0 Å². The smallest absolute Gasteiger partial charge is 0.360 e. The minimum Gasteiger partial charge on any atom is -0.461 e. The molecule has 2 unspecified atom stereocenters. The lowest BCUT2D eigenvalue weighted by atomic mass is 10.00. The molecule has 2 rings (SSSR count). The van der Waals surface area contributed by atoms with E-state index in [1.165, 1.54) is 11.3 Å². The average Bonchev–Trinajstić information content (AvgIpc) is 3.05. The summed E-state index contributed by atoms with van der Waals surface area (Å²) in [7, 11) is 0. The number of hydrogen-bond acceptors (Lipinski definition) is 6. The van der Waals surface area contributed by atoms with Crippen molar-refractivity contribution in [2.75, 3.05) is 25.1 Å². The first-order chi connectivity index (χ1) is 9.26. The molecule has 0 aromatic carbocycles. The van der Waals surface area contributed by atoms with E-state index in [4.69, 9.17) is 9.47 Å². The monoisotopic (exact) mass is 284 g/mol. The quantitative estimate of drug-likeness (QED) is 0.813. The van der Waals surface area contributed by atoms with Crippen LogP contribution in [-0.2, 0) is 9.47 Å². The molecule has 0 bridgehead atoms. The highest BCUT2D eigenvalue weighted by Crippen LogP contribution is 2.26. The molecule has 1 aromatic rings. The number of hydrogen-bond donors (Lipinski definition) is 1. The lowest BCUT2D eigenvalue weighted by Crippen LogP contribution is -2.23. The van der Waals surface area contributed by atoms with Gasteiger partial charge in [-0.05, 0) is 19.8 Å². The molecule has 1 saturated heterocycles. The summed E-state index contributed by atoms with van der Waals surface area (Å²) in [5.74, 6) is 0.142. The third kappa shape index (κ3) is 3.45. The number of ether oxygens (including phenoxy) is 2. The van der Waals surface area contributed by atoms with E-state index < -0.39 is 0 Å². The maximum Gasteiger partial charge on any atom is 0.360 e. The van der Waals surface area contributed by atoms with Crippen LogP contribution >= 0.6 is 11.3 Å². The molecule has 1 aliphatic rings. The van der Waals surface area contributed by atoms with E-state index in [9.17, 15) is 4.79 Å². The number of anilines is 1. The summed E-state index contributed by atoms with van der Waals surface area (Å²) < 4.78 is 10.6. The molecule has 0 saturated carbocycles. The fraction of sp³-hybridized carbons (Fsp3) is 0.692. The highest BCUT2D eigenvalue weighted by molar-refractivity contribution is 7.14. The molecule has 5 nitrogen and oxygen atoms in total. The van der Waals surface area contributed by atoms with Gasteiger partial charge < -0.3 is 14.8 Å². The molecule has 19 heavy (non-hydrogen) atoms. The van der Waals surface area contributed by atoms with Crippen LogP contribution in [0.4, 0.5) is 5.00 Å². The normalized spacial score (nSPS) is 22.4. The Labute approximate surface area is 117 Å². The van der Waals surface area contributed by atoms with Crippen molar-refractivity contribution in [3.05, 3.63) is 11.2 Å². The highest BCUT2D eigenvalue weighted by atomic mass is 32.1. The van der Waals surface area contributed by atoms with Gasteiger partial charge in [0.15, 0.2) is 5.69 Å². The highest BCUT2D eigenvalue weighted by Gasteiger charge is 2.27. The van der Waals surface area contributed by atoms with Crippen molar-refractivity contribution >= 4 is 22.3 Å². The van der Waals surface area contributed by atoms with Crippen LogP contribution in [0.1, 0.15) is 37.2 Å². The first kappa shape index (κ1) is 14.3. The van der Waals surface area contributed by atoms with Gasteiger partial charge in [-0.1, -0.05) is 6.92 Å². The van der Waals surface area contributed by atoms with Gasteiger partial charge in [-0.15, -0.1) is 11.3 Å². The Balaban J connectivity index is 1.93. The SMILES string of the molecule is CCOC(=O)c1ncsc1NCC1CCOC1CC. The Bertz CT molecular complexity index is 422. The largest absolute Gasteiger partial charge is 0.461 e. The molecule has 0 spiro atoms. The summed E-state index contributed by atoms with van der Waals surface area (Å²) in [5, 5.41) is 4.11. The van der Waals surface area contributed by atoms with E-state index in [-0.39, 0.29) is 5.97 Å². The molecule has 2 heterocycles. The molecular weight excluding hydrogens is 264 g/mol. The number of thiazole rings is 1. The third-order valence-electron chi connectivity index (χ3n) is 3.31. The molecule has 0 radical (unpaired) electrons. The first-order valence-electron chi connectivity index (χ1n) is 6.72. The molecule has 1 aliphatic heterocycles. The van der Waals surface area contributed by atoms with Gasteiger partial charge in [0.05, 0.1) is 18.2 Å². The van der Waals surface area contributed by atoms with Crippen LogP contribution in [0.15, 0.2) is 5.51 Å². The van der Waals surface area contributed by atoms with Gasteiger partial charge in [0.1, 0.15) is 5.00 Å². The van der Waals surface area contributed by atoms with Crippen LogP contribution in [0.2, 0.25) is 0 Å². The van der Waals surface area contributed by atoms with Gasteiger partial charge in [-0.25, -0.2) is 9.78 Å². The van der Waals surface area contributed by atoms with Gasteiger partial charge in [-0.3, -0.25) is 0 Å². The summed E-state index contributed by atoms with van der Waals surface area (Å²) in [6.07, 6.45) is 2.42. The second-order valence-electron chi connectivity index (χ2n) is 4.50. The van der Waals surface area contributed by atoms with E-state index in [2.05, 4.69) is 17.2 Å². The predicted molar refractivity (Wildman–Crippen MR) is 74.7 cm³/mol.